The fourth-order valence-corrected chi connectivity index (χ4v) is 3.41. The summed E-state index contributed by atoms with van der Waals surface area (Å²) in [7, 11) is -3.84. The Kier molecular flexibility index (Phi) is 4.10. The lowest BCUT2D eigenvalue weighted by molar-refractivity contribution is 0.181. The molecule has 2 aromatic rings. The van der Waals surface area contributed by atoms with Crippen LogP contribution in [0.2, 0.25) is 0 Å². The van der Waals surface area contributed by atoms with E-state index in [2.05, 4.69) is 4.72 Å². The van der Waals surface area contributed by atoms with Crippen LogP contribution in [-0.4, -0.2) is 27.7 Å². The van der Waals surface area contributed by atoms with E-state index in [-0.39, 0.29) is 10.5 Å². The molecular formula is C16H13N3O4S. The van der Waals surface area contributed by atoms with Gasteiger partial charge in [0.25, 0.3) is 10.0 Å². The van der Waals surface area contributed by atoms with Crippen LogP contribution in [0.15, 0.2) is 53.4 Å². The van der Waals surface area contributed by atoms with Gasteiger partial charge in [0.1, 0.15) is 6.61 Å². The molecule has 0 aromatic heterocycles. The number of hydrogen-bond acceptors (Lipinski definition) is 5. The molecule has 0 aliphatic carbocycles. The minimum Gasteiger partial charge on any atom is -0.447 e. The molecule has 0 saturated carbocycles. The maximum absolute atomic E-state index is 12.4. The van der Waals surface area contributed by atoms with E-state index in [1.165, 1.54) is 29.2 Å². The van der Waals surface area contributed by atoms with Gasteiger partial charge in [-0.1, -0.05) is 12.1 Å². The largest absolute Gasteiger partial charge is 0.447 e. The van der Waals surface area contributed by atoms with Crippen LogP contribution in [0.1, 0.15) is 5.56 Å². The Bertz CT molecular complexity index is 934. The van der Waals surface area contributed by atoms with Gasteiger partial charge in [0.2, 0.25) is 0 Å². The molecule has 0 radical (unpaired) electrons. The molecule has 24 heavy (non-hydrogen) atoms. The highest BCUT2D eigenvalue weighted by Gasteiger charge is 2.24. The van der Waals surface area contributed by atoms with Gasteiger partial charge in [-0.25, -0.2) is 13.2 Å². The summed E-state index contributed by atoms with van der Waals surface area (Å²) in [5, 5.41) is 8.89. The molecule has 1 amide bonds. The third kappa shape index (κ3) is 3.16. The Morgan fingerprint density at radius 1 is 1.17 bits per heavy atom. The predicted molar refractivity (Wildman–Crippen MR) is 87.1 cm³/mol. The molecule has 1 saturated heterocycles. The fourth-order valence-electron chi connectivity index (χ4n) is 2.31. The van der Waals surface area contributed by atoms with E-state index >= 15 is 0 Å². The second kappa shape index (κ2) is 6.22. The number of ether oxygens (including phenoxy) is 1. The normalized spacial score (nSPS) is 14.1. The fraction of sp³-hybridized carbons (Fsp3) is 0.125. The number of hydrogen-bond donors (Lipinski definition) is 1. The van der Waals surface area contributed by atoms with Crippen molar-refractivity contribution in [1.82, 2.24) is 0 Å². The first kappa shape index (κ1) is 15.8. The van der Waals surface area contributed by atoms with Crippen LogP contribution in [0.5, 0.6) is 0 Å². The number of sulfonamides is 1. The molecule has 1 N–H and O–H groups in total. The van der Waals surface area contributed by atoms with Crippen molar-refractivity contribution in [3.63, 3.8) is 0 Å². The number of cyclic esters (lactones) is 1. The average Bonchev–Trinajstić information content (AvgIpc) is 3.01. The molecule has 1 aliphatic heterocycles. The summed E-state index contributed by atoms with van der Waals surface area (Å²) in [4.78, 5) is 13.0. The third-order valence-corrected chi connectivity index (χ3v) is 4.82. The van der Waals surface area contributed by atoms with Crippen LogP contribution in [0.3, 0.4) is 0 Å². The van der Waals surface area contributed by atoms with E-state index in [1.807, 2.05) is 6.07 Å². The summed E-state index contributed by atoms with van der Waals surface area (Å²) in [6.45, 7) is 0.717. The molecule has 8 heteroatoms. The zero-order valence-electron chi connectivity index (χ0n) is 12.5. The van der Waals surface area contributed by atoms with Crippen molar-refractivity contribution < 1.29 is 17.9 Å². The Morgan fingerprint density at radius 3 is 2.67 bits per heavy atom. The molecule has 2 aromatic carbocycles. The maximum Gasteiger partial charge on any atom is 0.414 e. The molecule has 0 atom stereocenters. The first-order chi connectivity index (χ1) is 11.5. The molecule has 0 spiro atoms. The van der Waals surface area contributed by atoms with Gasteiger partial charge in [-0.2, -0.15) is 5.26 Å². The van der Waals surface area contributed by atoms with Crippen LogP contribution >= 0.6 is 0 Å². The first-order valence-electron chi connectivity index (χ1n) is 7.07. The molecule has 3 rings (SSSR count). The number of carbonyl (C=O) groups is 1. The van der Waals surface area contributed by atoms with Gasteiger partial charge < -0.3 is 4.74 Å². The Balaban J connectivity index is 1.87. The van der Waals surface area contributed by atoms with Crippen molar-refractivity contribution in [1.29, 1.82) is 5.26 Å². The zero-order chi connectivity index (χ0) is 17.2. The smallest absolute Gasteiger partial charge is 0.414 e. The van der Waals surface area contributed by atoms with Gasteiger partial charge in [-0.3, -0.25) is 9.62 Å². The van der Waals surface area contributed by atoms with Crippen molar-refractivity contribution in [2.45, 2.75) is 4.90 Å². The van der Waals surface area contributed by atoms with Crippen molar-refractivity contribution in [3.8, 4) is 6.07 Å². The highest BCUT2D eigenvalue weighted by molar-refractivity contribution is 7.92. The quantitative estimate of drug-likeness (QED) is 0.918. The Labute approximate surface area is 139 Å². The summed E-state index contributed by atoms with van der Waals surface area (Å²) in [6, 6.07) is 14.1. The van der Waals surface area contributed by atoms with Gasteiger partial charge in [0.15, 0.2) is 0 Å². The average molecular weight is 343 g/mol. The number of benzene rings is 2. The van der Waals surface area contributed by atoms with Crippen LogP contribution in [0.4, 0.5) is 16.2 Å². The number of nitrogens with zero attached hydrogens (tertiary/aromatic N) is 2. The minimum absolute atomic E-state index is 0.00691. The standard InChI is InChI=1S/C16H13N3O4S/c17-11-12-3-1-6-15(9-12)24(21,22)18-13-4-2-5-14(10-13)19-7-8-23-16(19)20/h1-6,9-10,18H,7-8H2. The van der Waals surface area contributed by atoms with E-state index in [1.54, 1.807) is 24.3 Å². The molecule has 122 valence electrons. The van der Waals surface area contributed by atoms with Crippen molar-refractivity contribution in [2.75, 3.05) is 22.8 Å². The van der Waals surface area contributed by atoms with Crippen LogP contribution < -0.4 is 9.62 Å². The van der Waals surface area contributed by atoms with Crippen LogP contribution in [0.25, 0.3) is 0 Å². The molecule has 0 bridgehead atoms. The van der Waals surface area contributed by atoms with E-state index in [4.69, 9.17) is 10.00 Å². The van der Waals surface area contributed by atoms with Gasteiger partial charge in [0, 0.05) is 5.69 Å². The second-order valence-electron chi connectivity index (χ2n) is 5.06. The number of nitriles is 1. The second-order valence-corrected chi connectivity index (χ2v) is 6.74. The summed E-state index contributed by atoms with van der Waals surface area (Å²) < 4.78 is 32.2. The highest BCUT2D eigenvalue weighted by atomic mass is 32.2. The van der Waals surface area contributed by atoms with Crippen molar-refractivity contribution >= 4 is 27.5 Å². The number of anilines is 2. The van der Waals surface area contributed by atoms with Gasteiger partial charge in [-0.05, 0) is 36.4 Å². The van der Waals surface area contributed by atoms with E-state index in [0.717, 1.165) is 0 Å². The van der Waals surface area contributed by atoms with E-state index < -0.39 is 16.1 Å². The van der Waals surface area contributed by atoms with Crippen molar-refractivity contribution in [2.24, 2.45) is 0 Å². The molecule has 1 fully saturated rings. The maximum atomic E-state index is 12.4. The van der Waals surface area contributed by atoms with Crippen molar-refractivity contribution in [3.05, 3.63) is 54.1 Å². The molecule has 0 unspecified atom stereocenters. The number of amides is 1. The topological polar surface area (TPSA) is 99.5 Å². The predicted octanol–water partition coefficient (Wildman–Crippen LogP) is 2.32. The first-order valence-corrected chi connectivity index (χ1v) is 8.55. The summed E-state index contributed by atoms with van der Waals surface area (Å²) >= 11 is 0. The number of carbonyl (C=O) groups excluding carboxylic acids is 1. The lowest BCUT2D eigenvalue weighted by Crippen LogP contribution is -2.23. The summed E-state index contributed by atoms with van der Waals surface area (Å²) in [6.07, 6.45) is -0.461. The minimum atomic E-state index is -3.84. The zero-order valence-corrected chi connectivity index (χ0v) is 13.3. The highest BCUT2D eigenvalue weighted by Crippen LogP contribution is 2.24. The third-order valence-electron chi connectivity index (χ3n) is 3.44. The lowest BCUT2D eigenvalue weighted by Gasteiger charge is -2.14. The van der Waals surface area contributed by atoms with Crippen LogP contribution in [-0.2, 0) is 14.8 Å². The molecular weight excluding hydrogens is 330 g/mol. The lowest BCUT2D eigenvalue weighted by atomic mass is 10.2. The number of rotatable bonds is 4. The molecule has 7 nitrogen and oxygen atoms in total. The monoisotopic (exact) mass is 343 g/mol. The van der Waals surface area contributed by atoms with Crippen LogP contribution in [0, 0.1) is 11.3 Å². The SMILES string of the molecule is N#Cc1cccc(S(=O)(=O)Nc2cccc(N3CCOC3=O)c2)c1. The van der Waals surface area contributed by atoms with E-state index in [9.17, 15) is 13.2 Å². The van der Waals surface area contributed by atoms with Gasteiger partial charge in [0.05, 0.1) is 28.8 Å². The van der Waals surface area contributed by atoms with Gasteiger partial charge in [-0.15, -0.1) is 0 Å². The number of nitrogens with one attached hydrogen (secondary N) is 1. The van der Waals surface area contributed by atoms with Gasteiger partial charge >= 0.3 is 6.09 Å². The Morgan fingerprint density at radius 2 is 1.96 bits per heavy atom. The molecule has 1 aliphatic rings. The summed E-state index contributed by atoms with van der Waals surface area (Å²) in [5.74, 6) is 0. The summed E-state index contributed by atoms with van der Waals surface area (Å²) in [5.41, 5.74) is 1.12. The van der Waals surface area contributed by atoms with E-state index in [0.29, 0.717) is 24.5 Å². The molecule has 1 heterocycles. The Hall–Kier alpha value is -3.05.